The van der Waals surface area contributed by atoms with Crippen molar-refractivity contribution in [3.63, 3.8) is 0 Å². The fourth-order valence-electron chi connectivity index (χ4n) is 2.00. The molecule has 0 radical (unpaired) electrons. The highest BCUT2D eigenvalue weighted by atomic mass is 127. The van der Waals surface area contributed by atoms with Crippen LogP contribution in [0.25, 0.3) is 5.70 Å². The number of benzene rings is 1. The predicted molar refractivity (Wildman–Crippen MR) is 80.8 cm³/mol. The Balaban J connectivity index is 2.65. The number of rotatable bonds is 1. The van der Waals surface area contributed by atoms with Crippen LogP contribution in [0.3, 0.4) is 0 Å². The minimum absolute atomic E-state index is 0.0356. The fourth-order valence-corrected chi connectivity index (χ4v) is 3.14. The number of hydrogen-bond acceptors (Lipinski definition) is 2. The number of fused-ring (bicyclic) bond motifs is 1. The van der Waals surface area contributed by atoms with Crippen molar-refractivity contribution in [3.8, 4) is 5.75 Å². The Morgan fingerprint density at radius 2 is 2.11 bits per heavy atom. The van der Waals surface area contributed by atoms with E-state index >= 15 is 0 Å². The van der Waals surface area contributed by atoms with Crippen LogP contribution in [0.2, 0.25) is 5.02 Å². The summed E-state index contributed by atoms with van der Waals surface area (Å²) in [5.74, 6) is 0.593. The van der Waals surface area contributed by atoms with Gasteiger partial charge in [-0.25, -0.2) is 4.79 Å². The van der Waals surface area contributed by atoms with E-state index in [0.29, 0.717) is 10.8 Å². The fraction of sp³-hybridized carbons (Fsp3) is 0.308. The first-order valence-electron chi connectivity index (χ1n) is 5.62. The molecule has 96 valence electrons. The largest absolute Gasteiger partial charge is 0.420 e. The summed E-state index contributed by atoms with van der Waals surface area (Å²) in [5, 5.41) is 0.638. The summed E-state index contributed by atoms with van der Waals surface area (Å²) in [6.45, 7) is 5.80. The van der Waals surface area contributed by atoms with E-state index in [4.69, 9.17) is 16.3 Å². The molecule has 3 nitrogen and oxygen atoms in total. The highest BCUT2D eigenvalue weighted by molar-refractivity contribution is 14.1. The highest BCUT2D eigenvalue weighted by Crippen LogP contribution is 2.40. The molecule has 2 rings (SSSR count). The van der Waals surface area contributed by atoms with Gasteiger partial charge in [0.25, 0.3) is 0 Å². The molecule has 0 spiro atoms. The Hall–Kier alpha value is -0.750. The van der Waals surface area contributed by atoms with Crippen molar-refractivity contribution < 1.29 is 9.53 Å². The van der Waals surface area contributed by atoms with Gasteiger partial charge < -0.3 is 4.74 Å². The lowest BCUT2D eigenvalue weighted by atomic mass is 10.1. The van der Waals surface area contributed by atoms with Crippen LogP contribution >= 0.6 is 34.2 Å². The third-order valence-corrected chi connectivity index (χ3v) is 3.74. The molecule has 0 aliphatic carbocycles. The molecule has 0 saturated carbocycles. The minimum atomic E-state index is -0.342. The lowest BCUT2D eigenvalue weighted by Crippen LogP contribution is -2.40. The van der Waals surface area contributed by atoms with Crippen molar-refractivity contribution in [1.29, 1.82) is 0 Å². The summed E-state index contributed by atoms with van der Waals surface area (Å²) in [6, 6.07) is 3.65. The van der Waals surface area contributed by atoms with E-state index in [-0.39, 0.29) is 12.1 Å². The molecule has 1 aliphatic rings. The normalized spacial score (nSPS) is 17.1. The quantitative estimate of drug-likeness (QED) is 0.673. The van der Waals surface area contributed by atoms with Crippen LogP contribution in [0.1, 0.15) is 26.3 Å². The topological polar surface area (TPSA) is 29.5 Å². The molecule has 0 aromatic heterocycles. The van der Waals surface area contributed by atoms with E-state index in [1.165, 1.54) is 0 Å². The van der Waals surface area contributed by atoms with Gasteiger partial charge in [-0.2, -0.15) is 0 Å². The first kappa shape index (κ1) is 13.7. The number of halogens is 2. The lowest BCUT2D eigenvalue weighted by Gasteiger charge is -2.33. The molecule has 0 atom stereocenters. The molecule has 0 bridgehead atoms. The van der Waals surface area contributed by atoms with Crippen LogP contribution in [0, 0.1) is 3.57 Å². The summed E-state index contributed by atoms with van der Waals surface area (Å²) in [7, 11) is 0. The predicted octanol–water partition coefficient (Wildman–Crippen LogP) is 4.53. The van der Waals surface area contributed by atoms with E-state index in [1.54, 1.807) is 11.0 Å². The molecule has 1 aromatic rings. The second-order valence-corrected chi connectivity index (χ2v) is 5.87. The van der Waals surface area contributed by atoms with Gasteiger partial charge in [-0.15, -0.1) is 0 Å². The molecule has 1 aliphatic heterocycles. The van der Waals surface area contributed by atoms with Gasteiger partial charge in [0.2, 0.25) is 0 Å². The van der Waals surface area contributed by atoms with Crippen molar-refractivity contribution in [2.24, 2.45) is 0 Å². The van der Waals surface area contributed by atoms with Crippen molar-refractivity contribution in [3.05, 3.63) is 32.4 Å². The molecule has 0 fully saturated rings. The number of carbonyl (C=O) groups is 1. The van der Waals surface area contributed by atoms with E-state index in [9.17, 15) is 4.79 Å². The Morgan fingerprint density at radius 1 is 1.44 bits per heavy atom. The molecular formula is C13H13ClINO2. The second kappa shape index (κ2) is 5.09. The summed E-state index contributed by atoms with van der Waals surface area (Å²) in [6.07, 6.45) is 1.57. The molecule has 0 N–H and O–H groups in total. The maximum Gasteiger partial charge on any atom is 0.420 e. The molecule has 0 unspecified atom stereocenters. The lowest BCUT2D eigenvalue weighted by molar-refractivity contribution is 0.159. The maximum atomic E-state index is 12.0. The standard InChI is InChI=1S/C13H13ClINO2/c1-4-11-9-5-8(14)6-10(15)12(9)18-13(17)16(11)7(2)3/h4-7H,1-3H3/b11-4-. The SMILES string of the molecule is C/C=C1/c2cc(Cl)cc(I)c2OC(=O)N1C(C)C. The third-order valence-electron chi connectivity index (χ3n) is 2.72. The molecule has 5 heteroatoms. The summed E-state index contributed by atoms with van der Waals surface area (Å²) in [4.78, 5) is 13.7. The summed E-state index contributed by atoms with van der Waals surface area (Å²) < 4.78 is 6.24. The molecular weight excluding hydrogens is 365 g/mol. The van der Waals surface area contributed by atoms with E-state index in [1.807, 2.05) is 32.9 Å². The van der Waals surface area contributed by atoms with Crippen molar-refractivity contribution in [2.75, 3.05) is 0 Å². The van der Waals surface area contributed by atoms with E-state index in [0.717, 1.165) is 14.8 Å². The van der Waals surface area contributed by atoms with Gasteiger partial charge in [-0.1, -0.05) is 17.7 Å². The van der Waals surface area contributed by atoms with E-state index in [2.05, 4.69) is 22.6 Å². The van der Waals surface area contributed by atoms with Crippen LogP contribution in [-0.4, -0.2) is 17.0 Å². The Labute approximate surface area is 125 Å². The van der Waals surface area contributed by atoms with Gasteiger partial charge in [0.1, 0.15) is 0 Å². The van der Waals surface area contributed by atoms with Crippen molar-refractivity contribution in [2.45, 2.75) is 26.8 Å². The monoisotopic (exact) mass is 377 g/mol. The van der Waals surface area contributed by atoms with Crippen LogP contribution in [-0.2, 0) is 0 Å². The second-order valence-electron chi connectivity index (χ2n) is 4.27. The van der Waals surface area contributed by atoms with Crippen molar-refractivity contribution >= 4 is 46.0 Å². The molecule has 1 aromatic carbocycles. The number of amides is 1. The van der Waals surface area contributed by atoms with Gasteiger partial charge in [-0.05, 0) is 55.5 Å². The number of ether oxygens (including phenoxy) is 1. The van der Waals surface area contributed by atoms with Gasteiger partial charge in [0.05, 0.1) is 9.27 Å². The minimum Gasteiger partial charge on any atom is -0.408 e. The molecule has 18 heavy (non-hydrogen) atoms. The zero-order chi connectivity index (χ0) is 13.4. The first-order valence-corrected chi connectivity index (χ1v) is 7.08. The Bertz CT molecular complexity index is 540. The van der Waals surface area contributed by atoms with Gasteiger partial charge >= 0.3 is 6.09 Å². The zero-order valence-corrected chi connectivity index (χ0v) is 13.2. The number of carbonyl (C=O) groups excluding carboxylic acids is 1. The van der Waals surface area contributed by atoms with Crippen LogP contribution in [0.5, 0.6) is 5.75 Å². The number of allylic oxidation sites excluding steroid dienone is 1. The molecule has 1 heterocycles. The molecule has 0 saturated heterocycles. The van der Waals surface area contributed by atoms with Gasteiger partial charge in [-0.3, -0.25) is 4.90 Å². The van der Waals surface area contributed by atoms with Crippen LogP contribution in [0.4, 0.5) is 4.79 Å². The Morgan fingerprint density at radius 3 is 2.67 bits per heavy atom. The molecule has 1 amide bonds. The number of hydrogen-bond donors (Lipinski definition) is 0. The average Bonchev–Trinajstić information content (AvgIpc) is 2.28. The first-order chi connectivity index (χ1) is 8.45. The van der Waals surface area contributed by atoms with E-state index < -0.39 is 0 Å². The zero-order valence-electron chi connectivity index (χ0n) is 10.3. The highest BCUT2D eigenvalue weighted by Gasteiger charge is 2.32. The van der Waals surface area contributed by atoms with Crippen LogP contribution < -0.4 is 4.74 Å². The van der Waals surface area contributed by atoms with Gasteiger partial charge in [0.15, 0.2) is 5.75 Å². The van der Waals surface area contributed by atoms with Crippen LogP contribution in [0.15, 0.2) is 18.2 Å². The average molecular weight is 378 g/mol. The Kier molecular flexibility index (Phi) is 3.87. The van der Waals surface area contributed by atoms with Gasteiger partial charge in [0, 0.05) is 16.6 Å². The maximum absolute atomic E-state index is 12.0. The van der Waals surface area contributed by atoms with Crippen molar-refractivity contribution in [1.82, 2.24) is 4.90 Å². The number of nitrogens with zero attached hydrogens (tertiary/aromatic N) is 1. The summed E-state index contributed by atoms with van der Waals surface area (Å²) in [5.41, 5.74) is 1.71. The summed E-state index contributed by atoms with van der Waals surface area (Å²) >= 11 is 8.20. The third kappa shape index (κ3) is 2.23. The smallest absolute Gasteiger partial charge is 0.408 e.